The van der Waals surface area contributed by atoms with Gasteiger partial charge in [-0.15, -0.1) is 0 Å². The number of fused-ring (bicyclic) bond motifs is 1. The van der Waals surface area contributed by atoms with Crippen molar-refractivity contribution in [3.8, 4) is 5.75 Å². The zero-order valence-corrected chi connectivity index (χ0v) is 11.3. The van der Waals surface area contributed by atoms with Crippen LogP contribution in [-0.2, 0) is 13.2 Å². The van der Waals surface area contributed by atoms with Gasteiger partial charge in [0, 0.05) is 24.2 Å². The minimum absolute atomic E-state index is 0.269. The molecule has 3 rings (SSSR count). The smallest absolute Gasteiger partial charge is 0.132 e. The fourth-order valence-corrected chi connectivity index (χ4v) is 2.36. The number of halogens is 1. The molecule has 0 N–H and O–H groups in total. The molecule has 102 valence electrons. The third kappa shape index (κ3) is 2.39. The lowest BCUT2D eigenvalue weighted by Crippen LogP contribution is -1.97. The molecule has 2 aromatic carbocycles. The highest BCUT2D eigenvalue weighted by Crippen LogP contribution is 2.29. The van der Waals surface area contributed by atoms with Gasteiger partial charge in [-0.25, -0.2) is 4.39 Å². The van der Waals surface area contributed by atoms with Crippen LogP contribution in [-0.4, -0.2) is 4.57 Å². The van der Waals surface area contributed by atoms with E-state index in [4.69, 9.17) is 4.74 Å². The first-order valence-electron chi connectivity index (χ1n) is 6.73. The normalized spacial score (nSPS) is 10.9. The second-order valence-corrected chi connectivity index (χ2v) is 4.71. The minimum Gasteiger partial charge on any atom is -0.488 e. The van der Waals surface area contributed by atoms with Gasteiger partial charge in [-0.05, 0) is 24.6 Å². The maximum absolute atomic E-state index is 13.7. The van der Waals surface area contributed by atoms with E-state index in [-0.39, 0.29) is 5.82 Å². The van der Waals surface area contributed by atoms with Crippen molar-refractivity contribution in [2.75, 3.05) is 0 Å². The van der Waals surface area contributed by atoms with E-state index in [0.717, 1.165) is 23.0 Å². The summed E-state index contributed by atoms with van der Waals surface area (Å²) in [6.45, 7) is 3.29. The number of hydrogen-bond donors (Lipinski definition) is 0. The van der Waals surface area contributed by atoms with E-state index in [1.807, 2.05) is 54.1 Å². The second-order valence-electron chi connectivity index (χ2n) is 4.71. The molecule has 20 heavy (non-hydrogen) atoms. The molecule has 0 unspecified atom stereocenters. The van der Waals surface area contributed by atoms with E-state index in [2.05, 4.69) is 0 Å². The summed E-state index contributed by atoms with van der Waals surface area (Å²) in [6.07, 6.45) is 1.96. The molecule has 0 bridgehead atoms. The third-order valence-electron chi connectivity index (χ3n) is 3.39. The largest absolute Gasteiger partial charge is 0.488 e. The van der Waals surface area contributed by atoms with Crippen LogP contribution in [0.2, 0.25) is 0 Å². The number of hydrogen-bond acceptors (Lipinski definition) is 1. The Labute approximate surface area is 117 Å². The predicted octanol–water partition coefficient (Wildman–Crippen LogP) is 4.38. The quantitative estimate of drug-likeness (QED) is 0.685. The van der Waals surface area contributed by atoms with Crippen molar-refractivity contribution >= 4 is 10.9 Å². The lowest BCUT2D eigenvalue weighted by atomic mass is 10.2. The minimum atomic E-state index is -0.269. The topological polar surface area (TPSA) is 14.2 Å². The maximum Gasteiger partial charge on any atom is 0.132 e. The predicted molar refractivity (Wildman–Crippen MR) is 78.3 cm³/mol. The van der Waals surface area contributed by atoms with E-state index in [9.17, 15) is 4.39 Å². The van der Waals surface area contributed by atoms with E-state index < -0.39 is 0 Å². The van der Waals surface area contributed by atoms with Crippen LogP contribution >= 0.6 is 0 Å². The van der Waals surface area contributed by atoms with Crippen molar-refractivity contribution in [2.24, 2.45) is 0 Å². The van der Waals surface area contributed by atoms with Gasteiger partial charge in [-0.1, -0.05) is 30.3 Å². The summed E-state index contributed by atoms with van der Waals surface area (Å²) in [5, 5.41) is 0.948. The molecular weight excluding hydrogens is 253 g/mol. The van der Waals surface area contributed by atoms with Crippen LogP contribution in [0.15, 0.2) is 54.7 Å². The molecule has 0 atom stereocenters. The van der Waals surface area contributed by atoms with Gasteiger partial charge in [0.1, 0.15) is 18.2 Å². The van der Waals surface area contributed by atoms with Crippen LogP contribution in [0.25, 0.3) is 10.9 Å². The average Bonchev–Trinajstić information content (AvgIpc) is 2.88. The van der Waals surface area contributed by atoms with Crippen LogP contribution in [0.3, 0.4) is 0 Å². The first kappa shape index (κ1) is 12.7. The van der Waals surface area contributed by atoms with E-state index in [1.165, 1.54) is 6.07 Å². The Kier molecular flexibility index (Phi) is 3.42. The van der Waals surface area contributed by atoms with Gasteiger partial charge in [0.05, 0.1) is 5.52 Å². The number of aryl methyl sites for hydroxylation is 1. The number of rotatable bonds is 4. The highest BCUT2D eigenvalue weighted by molar-refractivity contribution is 5.86. The molecule has 0 aliphatic rings. The number of aromatic nitrogens is 1. The zero-order valence-electron chi connectivity index (χ0n) is 11.3. The molecule has 1 heterocycles. The molecule has 3 aromatic rings. The summed E-state index contributed by atoms with van der Waals surface area (Å²) in [4.78, 5) is 0. The molecule has 3 heteroatoms. The third-order valence-corrected chi connectivity index (χ3v) is 3.39. The van der Waals surface area contributed by atoms with Crippen molar-refractivity contribution < 1.29 is 9.13 Å². The van der Waals surface area contributed by atoms with Gasteiger partial charge in [0.25, 0.3) is 0 Å². The lowest BCUT2D eigenvalue weighted by molar-refractivity contribution is 0.308. The molecule has 0 aliphatic carbocycles. The summed E-state index contributed by atoms with van der Waals surface area (Å²) in [5.41, 5.74) is 1.94. The molecule has 0 amide bonds. The van der Waals surface area contributed by atoms with Crippen molar-refractivity contribution in [1.82, 2.24) is 4.57 Å². The van der Waals surface area contributed by atoms with Crippen molar-refractivity contribution in [3.63, 3.8) is 0 Å². The Bertz CT molecular complexity index is 718. The van der Waals surface area contributed by atoms with Gasteiger partial charge in [-0.2, -0.15) is 0 Å². The Hall–Kier alpha value is -2.29. The molecule has 2 nitrogen and oxygen atoms in total. The summed E-state index contributed by atoms with van der Waals surface area (Å²) in [5.74, 6) is 0.324. The summed E-state index contributed by atoms with van der Waals surface area (Å²) >= 11 is 0. The van der Waals surface area contributed by atoms with E-state index in [1.54, 1.807) is 6.07 Å². The van der Waals surface area contributed by atoms with Gasteiger partial charge >= 0.3 is 0 Å². The lowest BCUT2D eigenvalue weighted by Gasteiger charge is -2.09. The molecular formula is C17H16FNO. The van der Waals surface area contributed by atoms with Crippen LogP contribution < -0.4 is 4.74 Å². The Morgan fingerprint density at radius 1 is 1.10 bits per heavy atom. The maximum atomic E-state index is 13.7. The highest BCUT2D eigenvalue weighted by atomic mass is 19.1. The number of nitrogens with zero attached hydrogens (tertiary/aromatic N) is 1. The van der Waals surface area contributed by atoms with Crippen LogP contribution in [0.1, 0.15) is 12.5 Å². The number of benzene rings is 2. The fourth-order valence-electron chi connectivity index (χ4n) is 2.36. The number of ether oxygens (including phenoxy) is 1. The van der Waals surface area contributed by atoms with Crippen LogP contribution in [0, 0.1) is 5.82 Å². The van der Waals surface area contributed by atoms with Gasteiger partial charge in [0.2, 0.25) is 0 Å². The molecule has 0 saturated carbocycles. The van der Waals surface area contributed by atoms with Gasteiger partial charge < -0.3 is 9.30 Å². The molecule has 0 saturated heterocycles. The monoisotopic (exact) mass is 269 g/mol. The molecule has 0 spiro atoms. The highest BCUT2D eigenvalue weighted by Gasteiger charge is 2.09. The summed E-state index contributed by atoms with van der Waals surface area (Å²) in [7, 11) is 0. The standard InChI is InChI=1S/C17H16FNO/c1-2-19-9-8-15-16(19)10-14(18)11-17(15)20-12-13-6-4-3-5-7-13/h3-11H,2,12H2,1H3. The van der Waals surface area contributed by atoms with Crippen molar-refractivity contribution in [1.29, 1.82) is 0 Å². The first-order chi connectivity index (χ1) is 9.78. The Morgan fingerprint density at radius 2 is 1.90 bits per heavy atom. The molecule has 1 aromatic heterocycles. The Balaban J connectivity index is 1.93. The second kappa shape index (κ2) is 5.37. The molecule has 0 radical (unpaired) electrons. The van der Waals surface area contributed by atoms with Crippen molar-refractivity contribution in [3.05, 3.63) is 66.1 Å². The first-order valence-corrected chi connectivity index (χ1v) is 6.73. The van der Waals surface area contributed by atoms with E-state index in [0.29, 0.717) is 12.4 Å². The molecule has 0 fully saturated rings. The summed E-state index contributed by atoms with van der Waals surface area (Å²) in [6, 6.07) is 14.9. The average molecular weight is 269 g/mol. The zero-order chi connectivity index (χ0) is 13.9. The van der Waals surface area contributed by atoms with Gasteiger partial charge in [-0.3, -0.25) is 0 Å². The summed E-state index contributed by atoms with van der Waals surface area (Å²) < 4.78 is 21.5. The van der Waals surface area contributed by atoms with Crippen molar-refractivity contribution in [2.45, 2.75) is 20.1 Å². The van der Waals surface area contributed by atoms with Gasteiger partial charge in [0.15, 0.2) is 0 Å². The fraction of sp³-hybridized carbons (Fsp3) is 0.176. The molecule has 0 aliphatic heterocycles. The van der Waals surface area contributed by atoms with Crippen LogP contribution in [0.5, 0.6) is 5.75 Å². The van der Waals surface area contributed by atoms with Crippen LogP contribution in [0.4, 0.5) is 4.39 Å². The SMILES string of the molecule is CCn1ccc2c(OCc3ccccc3)cc(F)cc21. The van der Waals surface area contributed by atoms with E-state index >= 15 is 0 Å². The Morgan fingerprint density at radius 3 is 2.65 bits per heavy atom.